The van der Waals surface area contributed by atoms with Crippen LogP contribution in [0.1, 0.15) is 26.3 Å². The molecular weight excluding hydrogens is 320 g/mol. The van der Waals surface area contributed by atoms with Gasteiger partial charge in [0, 0.05) is 12.1 Å². The van der Waals surface area contributed by atoms with Crippen LogP contribution in [0.15, 0.2) is 36.5 Å². The quantitative estimate of drug-likeness (QED) is 0.836. The number of carbonyl (C=O) groups is 1. The minimum absolute atomic E-state index is 0.309. The van der Waals surface area contributed by atoms with E-state index in [2.05, 4.69) is 16.4 Å². The summed E-state index contributed by atoms with van der Waals surface area (Å²) in [4.78, 5) is 16.0. The Morgan fingerprint density at radius 1 is 1.36 bits per heavy atom. The molecule has 0 spiro atoms. The summed E-state index contributed by atoms with van der Waals surface area (Å²) >= 11 is 0. The molecule has 1 heterocycles. The second-order valence-corrected chi connectivity index (χ2v) is 5.87. The van der Waals surface area contributed by atoms with Crippen molar-refractivity contribution in [3.8, 4) is 23.4 Å². The summed E-state index contributed by atoms with van der Waals surface area (Å²) in [5.74, 6) is 0.986. The van der Waals surface area contributed by atoms with E-state index in [4.69, 9.17) is 20.5 Å². The average Bonchev–Trinajstić information content (AvgIpc) is 2.56. The Kier molecular flexibility index (Phi) is 5.57. The van der Waals surface area contributed by atoms with Gasteiger partial charge in [-0.1, -0.05) is 0 Å². The summed E-state index contributed by atoms with van der Waals surface area (Å²) in [6.07, 6.45) is 1.48. The number of nitrogens with one attached hydrogen (secondary N) is 1. The van der Waals surface area contributed by atoms with Gasteiger partial charge in [-0.2, -0.15) is 5.26 Å². The van der Waals surface area contributed by atoms with Crippen molar-refractivity contribution in [3.05, 3.63) is 42.1 Å². The van der Waals surface area contributed by atoms with Crippen LogP contribution in [0.25, 0.3) is 0 Å². The molecule has 0 radical (unpaired) electrons. The molecule has 0 saturated heterocycles. The van der Waals surface area contributed by atoms with E-state index >= 15 is 0 Å². The number of nitrogens with zero attached hydrogens (tertiary/aromatic N) is 2. The molecule has 130 valence electrons. The second kappa shape index (κ2) is 7.64. The van der Waals surface area contributed by atoms with Crippen LogP contribution in [-0.2, 0) is 4.79 Å². The van der Waals surface area contributed by atoms with E-state index in [0.29, 0.717) is 35.2 Å². The smallest absolute Gasteiger partial charge is 0.243 e. The van der Waals surface area contributed by atoms with Crippen LogP contribution in [0.4, 0.5) is 5.69 Å². The molecule has 7 nitrogen and oxygen atoms in total. The minimum atomic E-state index is -0.979. The Balaban J connectivity index is 2.10. The number of aromatic nitrogens is 1. The Morgan fingerprint density at radius 3 is 2.68 bits per heavy atom. The molecule has 0 saturated carbocycles. The first-order valence-electron chi connectivity index (χ1n) is 7.74. The highest BCUT2D eigenvalue weighted by atomic mass is 16.5. The van der Waals surface area contributed by atoms with Gasteiger partial charge in [0.05, 0.1) is 29.6 Å². The lowest BCUT2D eigenvalue weighted by molar-refractivity contribution is -0.120. The largest absolute Gasteiger partial charge is 0.492 e. The van der Waals surface area contributed by atoms with Crippen LogP contribution in [-0.4, -0.2) is 23.0 Å². The molecule has 0 atom stereocenters. The highest BCUT2D eigenvalue weighted by Crippen LogP contribution is 2.27. The molecule has 3 N–H and O–H groups in total. The third-order valence-corrected chi connectivity index (χ3v) is 3.18. The number of pyridine rings is 1. The molecule has 0 bridgehead atoms. The molecule has 7 heteroatoms. The van der Waals surface area contributed by atoms with Gasteiger partial charge in [-0.25, -0.2) is 4.98 Å². The number of anilines is 1. The first kappa shape index (κ1) is 18.2. The van der Waals surface area contributed by atoms with Crippen LogP contribution in [0.5, 0.6) is 17.4 Å². The summed E-state index contributed by atoms with van der Waals surface area (Å²) in [5.41, 5.74) is 5.70. The van der Waals surface area contributed by atoms with E-state index in [-0.39, 0.29) is 5.91 Å². The van der Waals surface area contributed by atoms with Gasteiger partial charge in [0.2, 0.25) is 11.8 Å². The van der Waals surface area contributed by atoms with Crippen LogP contribution in [0.2, 0.25) is 0 Å². The van der Waals surface area contributed by atoms with Crippen LogP contribution >= 0.6 is 0 Å². The maximum Gasteiger partial charge on any atom is 0.243 e. The zero-order chi connectivity index (χ0) is 18.4. The van der Waals surface area contributed by atoms with Crippen molar-refractivity contribution in [2.45, 2.75) is 26.3 Å². The predicted octanol–water partition coefficient (Wildman–Crippen LogP) is 2.82. The molecule has 0 aliphatic heterocycles. The van der Waals surface area contributed by atoms with Crippen molar-refractivity contribution in [2.75, 3.05) is 11.9 Å². The van der Waals surface area contributed by atoms with Gasteiger partial charge in [-0.05, 0) is 39.0 Å². The van der Waals surface area contributed by atoms with Gasteiger partial charge in [-0.15, -0.1) is 0 Å². The molecule has 0 unspecified atom stereocenters. The summed E-state index contributed by atoms with van der Waals surface area (Å²) in [6, 6.07) is 10.3. The first-order chi connectivity index (χ1) is 11.8. The number of nitriles is 1. The number of amides is 1. The number of hydrogen-bond donors (Lipinski definition) is 2. The molecule has 0 aliphatic carbocycles. The van der Waals surface area contributed by atoms with Crippen LogP contribution in [0.3, 0.4) is 0 Å². The van der Waals surface area contributed by atoms with E-state index in [9.17, 15) is 4.79 Å². The molecule has 2 rings (SSSR count). The van der Waals surface area contributed by atoms with E-state index in [1.54, 1.807) is 44.2 Å². The maximum atomic E-state index is 11.8. The van der Waals surface area contributed by atoms with Gasteiger partial charge >= 0.3 is 0 Å². The van der Waals surface area contributed by atoms with E-state index < -0.39 is 5.54 Å². The SMILES string of the molecule is CCOc1cc(Oc2ccc(NC(=O)C(C)(C)N)cn2)ccc1C#N. The lowest BCUT2D eigenvalue weighted by atomic mass is 10.1. The van der Waals surface area contributed by atoms with Crippen molar-refractivity contribution in [1.82, 2.24) is 4.98 Å². The minimum Gasteiger partial charge on any atom is -0.492 e. The van der Waals surface area contributed by atoms with Crippen LogP contribution in [0, 0.1) is 11.3 Å². The molecule has 0 fully saturated rings. The molecule has 0 aliphatic rings. The summed E-state index contributed by atoms with van der Waals surface area (Å²) in [6.45, 7) is 5.52. The van der Waals surface area contributed by atoms with Crippen molar-refractivity contribution in [3.63, 3.8) is 0 Å². The number of ether oxygens (including phenoxy) is 2. The van der Waals surface area contributed by atoms with Gasteiger partial charge in [0.25, 0.3) is 0 Å². The van der Waals surface area contributed by atoms with E-state index in [1.807, 2.05) is 6.92 Å². The van der Waals surface area contributed by atoms with Crippen molar-refractivity contribution in [2.24, 2.45) is 5.73 Å². The van der Waals surface area contributed by atoms with E-state index in [0.717, 1.165) is 0 Å². The maximum absolute atomic E-state index is 11.8. The Bertz CT molecular complexity index is 789. The van der Waals surface area contributed by atoms with Crippen molar-refractivity contribution >= 4 is 11.6 Å². The standard InChI is InChI=1S/C18H20N4O3/c1-4-24-15-9-14(7-5-12(15)10-19)25-16-8-6-13(11-21-16)22-17(23)18(2,3)20/h5-9,11H,4,20H2,1-3H3,(H,22,23). The fourth-order valence-corrected chi connectivity index (χ4v) is 1.86. The number of rotatable bonds is 6. The molecular formula is C18H20N4O3. The number of benzene rings is 1. The van der Waals surface area contributed by atoms with Crippen molar-refractivity contribution in [1.29, 1.82) is 5.26 Å². The third kappa shape index (κ3) is 4.93. The zero-order valence-electron chi connectivity index (χ0n) is 14.4. The predicted molar refractivity (Wildman–Crippen MR) is 93.5 cm³/mol. The molecule has 1 amide bonds. The Labute approximate surface area is 146 Å². The first-order valence-corrected chi connectivity index (χ1v) is 7.74. The normalized spacial score (nSPS) is 10.7. The number of nitrogens with two attached hydrogens (primary N) is 1. The molecule has 1 aromatic carbocycles. The lowest BCUT2D eigenvalue weighted by Crippen LogP contribution is -2.45. The summed E-state index contributed by atoms with van der Waals surface area (Å²) in [5, 5.41) is 11.7. The topological polar surface area (TPSA) is 110 Å². The fraction of sp³-hybridized carbons (Fsp3) is 0.278. The number of carbonyl (C=O) groups excluding carboxylic acids is 1. The lowest BCUT2D eigenvalue weighted by Gasteiger charge is -2.17. The van der Waals surface area contributed by atoms with Gasteiger partial charge in [0.1, 0.15) is 17.6 Å². The molecule has 25 heavy (non-hydrogen) atoms. The Morgan fingerprint density at radius 2 is 2.12 bits per heavy atom. The van der Waals surface area contributed by atoms with E-state index in [1.165, 1.54) is 6.20 Å². The van der Waals surface area contributed by atoms with Crippen molar-refractivity contribution < 1.29 is 14.3 Å². The van der Waals surface area contributed by atoms with Gasteiger partial charge < -0.3 is 20.5 Å². The van der Waals surface area contributed by atoms with Gasteiger partial charge in [-0.3, -0.25) is 4.79 Å². The average molecular weight is 340 g/mol. The second-order valence-electron chi connectivity index (χ2n) is 5.87. The Hall–Kier alpha value is -3.11. The van der Waals surface area contributed by atoms with Crippen LogP contribution < -0.4 is 20.5 Å². The monoisotopic (exact) mass is 340 g/mol. The third-order valence-electron chi connectivity index (χ3n) is 3.18. The molecule has 2 aromatic rings. The number of hydrogen-bond acceptors (Lipinski definition) is 6. The highest BCUT2D eigenvalue weighted by molar-refractivity contribution is 5.97. The fourth-order valence-electron chi connectivity index (χ4n) is 1.86. The van der Waals surface area contributed by atoms with Gasteiger partial charge in [0.15, 0.2) is 0 Å². The highest BCUT2D eigenvalue weighted by Gasteiger charge is 2.21. The summed E-state index contributed by atoms with van der Waals surface area (Å²) < 4.78 is 11.1. The zero-order valence-corrected chi connectivity index (χ0v) is 14.4. The molecule has 1 aromatic heterocycles. The summed E-state index contributed by atoms with van der Waals surface area (Å²) in [7, 11) is 0.